The monoisotopic (exact) mass is 268 g/mol. The van der Waals surface area contributed by atoms with Gasteiger partial charge in [0, 0.05) is 19.1 Å². The Morgan fingerprint density at radius 2 is 1.89 bits per heavy atom. The van der Waals surface area contributed by atoms with Crippen molar-refractivity contribution in [2.45, 2.75) is 38.9 Å². The van der Waals surface area contributed by atoms with Gasteiger partial charge in [-0.25, -0.2) is 0 Å². The van der Waals surface area contributed by atoms with Crippen LogP contribution in [0.25, 0.3) is 0 Å². The van der Waals surface area contributed by atoms with Crippen molar-refractivity contribution in [2.24, 2.45) is 5.92 Å². The van der Waals surface area contributed by atoms with E-state index >= 15 is 0 Å². The second-order valence-corrected chi connectivity index (χ2v) is 5.22. The Bertz CT molecular complexity index is 226. The molecule has 0 bridgehead atoms. The average Bonchev–Trinajstić information content (AvgIpc) is 2.26. The maximum atomic E-state index is 11.9. The maximum Gasteiger partial charge on any atom is 0.411 e. The molecule has 1 fully saturated rings. The molecular formula is C12H23F3N2O. The first-order valence-electron chi connectivity index (χ1n) is 6.47. The van der Waals surface area contributed by atoms with Crippen LogP contribution in [0, 0.1) is 5.92 Å². The fourth-order valence-corrected chi connectivity index (χ4v) is 2.01. The van der Waals surface area contributed by atoms with Gasteiger partial charge >= 0.3 is 6.18 Å². The molecule has 0 atom stereocenters. The van der Waals surface area contributed by atoms with E-state index in [9.17, 15) is 13.2 Å². The molecule has 0 amide bonds. The van der Waals surface area contributed by atoms with Gasteiger partial charge in [0.1, 0.15) is 6.61 Å². The van der Waals surface area contributed by atoms with E-state index in [1.807, 2.05) is 4.90 Å². The number of hydrogen-bond donors (Lipinski definition) is 1. The van der Waals surface area contributed by atoms with Gasteiger partial charge in [0.2, 0.25) is 0 Å². The van der Waals surface area contributed by atoms with Crippen LogP contribution in [0.15, 0.2) is 0 Å². The number of nitrogens with one attached hydrogen (secondary N) is 1. The number of ether oxygens (including phenoxy) is 1. The molecule has 108 valence electrons. The van der Waals surface area contributed by atoms with Crippen molar-refractivity contribution in [3.8, 4) is 0 Å². The fraction of sp³-hybridized carbons (Fsp3) is 1.00. The van der Waals surface area contributed by atoms with Crippen LogP contribution in [0.1, 0.15) is 26.7 Å². The highest BCUT2D eigenvalue weighted by Crippen LogP contribution is 2.18. The average molecular weight is 268 g/mol. The highest BCUT2D eigenvalue weighted by Gasteiger charge is 2.28. The van der Waals surface area contributed by atoms with Gasteiger partial charge in [0.05, 0.1) is 6.73 Å². The highest BCUT2D eigenvalue weighted by molar-refractivity contribution is 4.73. The molecule has 0 aromatic rings. The van der Waals surface area contributed by atoms with Crippen molar-refractivity contribution in [2.75, 3.05) is 33.0 Å². The number of halogens is 3. The summed E-state index contributed by atoms with van der Waals surface area (Å²) in [6.07, 6.45) is -2.18. The van der Waals surface area contributed by atoms with Crippen LogP contribution in [0.4, 0.5) is 13.2 Å². The zero-order chi connectivity index (χ0) is 13.6. The molecule has 0 radical (unpaired) electrons. The number of likely N-dealkylation sites (tertiary alicyclic amines) is 1. The zero-order valence-corrected chi connectivity index (χ0v) is 11.1. The molecule has 6 heteroatoms. The summed E-state index contributed by atoms with van der Waals surface area (Å²) in [7, 11) is 0. The quantitative estimate of drug-likeness (QED) is 0.799. The van der Waals surface area contributed by atoms with Crippen molar-refractivity contribution < 1.29 is 17.9 Å². The summed E-state index contributed by atoms with van der Waals surface area (Å²) in [6.45, 7) is 5.80. The molecule has 0 unspecified atom stereocenters. The number of alkyl halides is 3. The maximum absolute atomic E-state index is 11.9. The Balaban J connectivity index is 2.08. The van der Waals surface area contributed by atoms with E-state index in [1.165, 1.54) is 0 Å². The molecule has 1 aliphatic heterocycles. The van der Waals surface area contributed by atoms with Crippen LogP contribution in [0.2, 0.25) is 0 Å². The lowest BCUT2D eigenvalue weighted by molar-refractivity contribution is -0.184. The summed E-state index contributed by atoms with van der Waals surface area (Å²) in [5.41, 5.74) is 0. The first-order valence-corrected chi connectivity index (χ1v) is 6.47. The SMILES string of the molecule is CC(C)NCC1CCN(COCC(F)(F)F)CC1. The predicted molar refractivity (Wildman–Crippen MR) is 64.3 cm³/mol. The van der Waals surface area contributed by atoms with Crippen molar-refractivity contribution in [1.29, 1.82) is 0 Å². The van der Waals surface area contributed by atoms with Gasteiger partial charge in [-0.05, 0) is 25.3 Å². The lowest BCUT2D eigenvalue weighted by atomic mass is 9.97. The third kappa shape index (κ3) is 7.18. The molecule has 0 aromatic carbocycles. The van der Waals surface area contributed by atoms with Gasteiger partial charge < -0.3 is 10.1 Å². The largest absolute Gasteiger partial charge is 0.411 e. The summed E-state index contributed by atoms with van der Waals surface area (Å²) >= 11 is 0. The van der Waals surface area contributed by atoms with Gasteiger partial charge in [-0.3, -0.25) is 4.90 Å². The van der Waals surface area contributed by atoms with Gasteiger partial charge in [-0.15, -0.1) is 0 Å². The zero-order valence-electron chi connectivity index (χ0n) is 11.1. The molecule has 18 heavy (non-hydrogen) atoms. The normalized spacial score (nSPS) is 19.7. The molecule has 0 aliphatic carbocycles. The Morgan fingerprint density at radius 1 is 1.28 bits per heavy atom. The first kappa shape index (κ1) is 15.7. The standard InChI is InChI=1S/C12H23F3N2O/c1-10(2)16-7-11-3-5-17(6-4-11)9-18-8-12(13,14)15/h10-11,16H,3-9H2,1-2H3. The van der Waals surface area contributed by atoms with E-state index in [0.29, 0.717) is 12.0 Å². The second-order valence-electron chi connectivity index (χ2n) is 5.22. The van der Waals surface area contributed by atoms with Crippen LogP contribution in [0.5, 0.6) is 0 Å². The molecule has 1 rings (SSSR count). The molecule has 0 aromatic heterocycles. The molecule has 0 saturated carbocycles. The topological polar surface area (TPSA) is 24.5 Å². The summed E-state index contributed by atoms with van der Waals surface area (Å²) in [5.74, 6) is 0.631. The van der Waals surface area contributed by atoms with Crippen LogP contribution in [-0.2, 0) is 4.74 Å². The third-order valence-electron chi connectivity index (χ3n) is 3.06. The number of hydrogen-bond acceptors (Lipinski definition) is 3. The van der Waals surface area contributed by atoms with Crippen molar-refractivity contribution in [3.05, 3.63) is 0 Å². The van der Waals surface area contributed by atoms with Gasteiger partial charge in [-0.2, -0.15) is 13.2 Å². The predicted octanol–water partition coefficient (Wildman–Crippen LogP) is 2.23. The van der Waals surface area contributed by atoms with E-state index in [0.717, 1.165) is 32.5 Å². The summed E-state index contributed by atoms with van der Waals surface area (Å²) in [5, 5.41) is 3.39. The minimum absolute atomic E-state index is 0.0871. The fourth-order valence-electron chi connectivity index (χ4n) is 2.01. The van der Waals surface area contributed by atoms with Gasteiger partial charge in [0.25, 0.3) is 0 Å². The number of piperidine rings is 1. The Kier molecular flexibility index (Phi) is 6.38. The van der Waals surface area contributed by atoms with Crippen molar-refractivity contribution >= 4 is 0 Å². The first-order chi connectivity index (χ1) is 8.37. The van der Waals surface area contributed by atoms with Crippen LogP contribution in [0.3, 0.4) is 0 Å². The number of rotatable bonds is 6. The van der Waals surface area contributed by atoms with Crippen molar-refractivity contribution in [3.63, 3.8) is 0 Å². The summed E-state index contributed by atoms with van der Waals surface area (Å²) in [4.78, 5) is 1.94. The van der Waals surface area contributed by atoms with Gasteiger partial charge in [0.15, 0.2) is 0 Å². The molecule has 1 saturated heterocycles. The minimum atomic E-state index is -4.22. The van der Waals surface area contributed by atoms with Crippen LogP contribution >= 0.6 is 0 Å². The van der Waals surface area contributed by atoms with Crippen molar-refractivity contribution in [1.82, 2.24) is 10.2 Å². The molecule has 1 aliphatic rings. The minimum Gasteiger partial charge on any atom is -0.357 e. The van der Waals surface area contributed by atoms with E-state index in [4.69, 9.17) is 0 Å². The lowest BCUT2D eigenvalue weighted by Gasteiger charge is -2.32. The Hall–Kier alpha value is -0.330. The Labute approximate surface area is 107 Å². The number of nitrogens with zero attached hydrogens (tertiary/aromatic N) is 1. The van der Waals surface area contributed by atoms with E-state index in [2.05, 4.69) is 23.9 Å². The molecule has 1 N–H and O–H groups in total. The molecule has 3 nitrogen and oxygen atoms in total. The third-order valence-corrected chi connectivity index (χ3v) is 3.06. The van der Waals surface area contributed by atoms with E-state index in [-0.39, 0.29) is 6.73 Å². The van der Waals surface area contributed by atoms with Crippen LogP contribution < -0.4 is 5.32 Å². The summed E-state index contributed by atoms with van der Waals surface area (Å²) in [6, 6.07) is 0.484. The molecule has 0 spiro atoms. The second kappa shape index (κ2) is 7.31. The van der Waals surface area contributed by atoms with Crippen LogP contribution in [-0.4, -0.2) is 50.1 Å². The summed E-state index contributed by atoms with van der Waals surface area (Å²) < 4.78 is 40.3. The van der Waals surface area contributed by atoms with Gasteiger partial charge in [-0.1, -0.05) is 13.8 Å². The lowest BCUT2D eigenvalue weighted by Crippen LogP contribution is -2.40. The highest BCUT2D eigenvalue weighted by atomic mass is 19.4. The molecular weight excluding hydrogens is 245 g/mol. The van der Waals surface area contributed by atoms with E-state index in [1.54, 1.807) is 0 Å². The smallest absolute Gasteiger partial charge is 0.357 e. The molecule has 1 heterocycles. The van der Waals surface area contributed by atoms with E-state index < -0.39 is 12.8 Å². The Morgan fingerprint density at radius 3 is 2.39 bits per heavy atom.